The van der Waals surface area contributed by atoms with Gasteiger partial charge in [0.15, 0.2) is 0 Å². The highest BCUT2D eigenvalue weighted by Crippen LogP contribution is 2.28. The number of hydrogen-bond acceptors (Lipinski definition) is 5. The molecule has 0 bridgehead atoms. The summed E-state index contributed by atoms with van der Waals surface area (Å²) in [5, 5.41) is 0. The van der Waals surface area contributed by atoms with E-state index in [4.69, 9.17) is 10.2 Å². The number of hydrogen-bond donors (Lipinski definition) is 1. The Balaban J connectivity index is 1.65. The van der Waals surface area contributed by atoms with Crippen molar-refractivity contribution in [1.29, 1.82) is 0 Å². The van der Waals surface area contributed by atoms with E-state index < -0.39 is 5.97 Å². The summed E-state index contributed by atoms with van der Waals surface area (Å²) < 4.78 is 23.1. The summed E-state index contributed by atoms with van der Waals surface area (Å²) in [6, 6.07) is 9.84. The average molecular weight is 318 g/mol. The van der Waals surface area contributed by atoms with Crippen LogP contribution in [0.3, 0.4) is 0 Å². The predicted octanol–water partition coefficient (Wildman–Crippen LogP) is 2.13. The third-order valence-electron chi connectivity index (χ3n) is 4.17. The van der Waals surface area contributed by atoms with Gasteiger partial charge in [0.25, 0.3) is 0 Å². The van der Waals surface area contributed by atoms with Gasteiger partial charge < -0.3 is 14.9 Å². The number of carbonyl (C=O) groups is 1. The maximum Gasteiger partial charge on any atom is 0.373 e. The summed E-state index contributed by atoms with van der Waals surface area (Å²) in [6.07, 6.45) is 0. The van der Waals surface area contributed by atoms with Crippen LogP contribution >= 0.6 is 0 Å². The first-order valence-corrected chi connectivity index (χ1v) is 7.47. The molecule has 5 nitrogen and oxygen atoms in total. The Kier molecular flexibility index (Phi) is 4.45. The van der Waals surface area contributed by atoms with E-state index in [2.05, 4.69) is 9.64 Å². The lowest BCUT2D eigenvalue weighted by Gasteiger charge is -2.15. The summed E-state index contributed by atoms with van der Waals surface area (Å²) >= 11 is 0. The van der Waals surface area contributed by atoms with Gasteiger partial charge in [0.05, 0.1) is 13.7 Å². The van der Waals surface area contributed by atoms with Crippen LogP contribution in [0, 0.1) is 5.82 Å². The number of nitrogens with two attached hydrogens (primary N) is 1. The Hall–Kier alpha value is -2.18. The lowest BCUT2D eigenvalue weighted by atomic mass is 9.95. The van der Waals surface area contributed by atoms with Crippen molar-refractivity contribution in [2.75, 3.05) is 20.2 Å². The van der Waals surface area contributed by atoms with Crippen LogP contribution in [0.2, 0.25) is 0 Å². The molecule has 0 spiro atoms. The van der Waals surface area contributed by atoms with Gasteiger partial charge in [0, 0.05) is 25.0 Å². The highest BCUT2D eigenvalue weighted by molar-refractivity contribution is 5.86. The molecule has 6 heteroatoms. The monoisotopic (exact) mass is 318 g/mol. The Bertz CT molecular complexity index is 683. The zero-order valence-corrected chi connectivity index (χ0v) is 12.9. The molecule has 0 aliphatic carbocycles. The van der Waals surface area contributed by atoms with Crippen molar-refractivity contribution in [3.63, 3.8) is 0 Å². The molecule has 0 unspecified atom stereocenters. The number of furan rings is 1. The summed E-state index contributed by atoms with van der Waals surface area (Å²) in [5.74, 6) is 0.311. The van der Waals surface area contributed by atoms with Crippen molar-refractivity contribution < 1.29 is 18.3 Å². The van der Waals surface area contributed by atoms with Gasteiger partial charge in [-0.1, -0.05) is 12.1 Å². The molecule has 2 atom stereocenters. The molecule has 23 heavy (non-hydrogen) atoms. The molecule has 2 heterocycles. The minimum atomic E-state index is -0.487. The highest BCUT2D eigenvalue weighted by Gasteiger charge is 2.31. The van der Waals surface area contributed by atoms with Gasteiger partial charge in [0.2, 0.25) is 5.76 Å². The summed E-state index contributed by atoms with van der Waals surface area (Å²) in [7, 11) is 1.32. The van der Waals surface area contributed by atoms with Crippen molar-refractivity contribution >= 4 is 5.97 Å². The number of likely N-dealkylation sites (tertiary alicyclic amines) is 1. The van der Waals surface area contributed by atoms with Crippen LogP contribution in [0.25, 0.3) is 0 Å². The number of benzene rings is 1. The molecule has 0 amide bonds. The molecule has 1 aliphatic heterocycles. The van der Waals surface area contributed by atoms with E-state index >= 15 is 0 Å². The SMILES string of the molecule is COC(=O)c1ccc(CN2C[C@@H](N)[C@H](c3ccc(F)cc3)C2)o1. The standard InChI is InChI=1S/C17H19FN2O3/c1-22-17(21)16-7-6-13(23-16)8-20-9-14(15(19)10-20)11-2-4-12(18)5-3-11/h2-7,14-15H,8-10,19H2,1H3/t14-,15+/m0/s1. The molecule has 2 aromatic rings. The Morgan fingerprint density at radius 3 is 2.74 bits per heavy atom. The van der Waals surface area contributed by atoms with E-state index in [-0.39, 0.29) is 23.5 Å². The zero-order valence-electron chi connectivity index (χ0n) is 12.9. The molecule has 1 saturated heterocycles. The van der Waals surface area contributed by atoms with Crippen molar-refractivity contribution in [3.05, 3.63) is 59.3 Å². The second-order valence-corrected chi connectivity index (χ2v) is 5.77. The number of halogens is 1. The molecule has 3 rings (SSSR count). The second-order valence-electron chi connectivity index (χ2n) is 5.77. The molecule has 1 aliphatic rings. The quantitative estimate of drug-likeness (QED) is 0.875. The maximum atomic E-state index is 13.0. The third kappa shape index (κ3) is 3.43. The summed E-state index contributed by atoms with van der Waals surface area (Å²) in [4.78, 5) is 13.6. The predicted molar refractivity (Wildman–Crippen MR) is 82.4 cm³/mol. The fourth-order valence-corrected chi connectivity index (χ4v) is 3.00. The number of ether oxygens (including phenoxy) is 1. The van der Waals surface area contributed by atoms with Crippen molar-refractivity contribution in [1.82, 2.24) is 4.90 Å². The topological polar surface area (TPSA) is 68.7 Å². The molecule has 2 N–H and O–H groups in total. The fraction of sp³-hybridized carbons (Fsp3) is 0.353. The number of carbonyl (C=O) groups excluding carboxylic acids is 1. The van der Waals surface area contributed by atoms with Gasteiger partial charge >= 0.3 is 5.97 Å². The van der Waals surface area contributed by atoms with E-state index in [0.717, 1.165) is 18.7 Å². The maximum absolute atomic E-state index is 13.0. The van der Waals surface area contributed by atoms with Crippen LogP contribution < -0.4 is 5.73 Å². The average Bonchev–Trinajstić information content (AvgIpc) is 3.14. The van der Waals surface area contributed by atoms with Gasteiger partial charge in [-0.25, -0.2) is 9.18 Å². The van der Waals surface area contributed by atoms with Crippen molar-refractivity contribution in [2.24, 2.45) is 5.73 Å². The largest absolute Gasteiger partial charge is 0.463 e. The Labute approximate surface area is 133 Å². The number of nitrogens with zero attached hydrogens (tertiary/aromatic N) is 1. The fourth-order valence-electron chi connectivity index (χ4n) is 3.00. The molecular weight excluding hydrogens is 299 g/mol. The van der Waals surface area contributed by atoms with Crippen LogP contribution in [0.15, 0.2) is 40.8 Å². The summed E-state index contributed by atoms with van der Waals surface area (Å²) in [5.41, 5.74) is 7.27. The molecule has 122 valence electrons. The molecule has 1 aromatic carbocycles. The van der Waals surface area contributed by atoms with E-state index in [9.17, 15) is 9.18 Å². The van der Waals surface area contributed by atoms with Gasteiger partial charge in [-0.05, 0) is 29.8 Å². The molecule has 1 aromatic heterocycles. The van der Waals surface area contributed by atoms with E-state index in [1.165, 1.54) is 19.2 Å². The normalized spacial score (nSPS) is 21.5. The minimum Gasteiger partial charge on any atom is -0.463 e. The molecular formula is C17H19FN2O3. The van der Waals surface area contributed by atoms with Crippen LogP contribution in [0.4, 0.5) is 4.39 Å². The van der Waals surface area contributed by atoms with E-state index in [1.54, 1.807) is 24.3 Å². The first-order chi connectivity index (χ1) is 11.1. The van der Waals surface area contributed by atoms with Gasteiger partial charge in [-0.3, -0.25) is 4.90 Å². The van der Waals surface area contributed by atoms with E-state index in [0.29, 0.717) is 12.3 Å². The van der Waals surface area contributed by atoms with Crippen molar-refractivity contribution in [3.8, 4) is 0 Å². The summed E-state index contributed by atoms with van der Waals surface area (Å²) in [6.45, 7) is 2.06. The number of esters is 1. The van der Waals surface area contributed by atoms with Gasteiger partial charge in [-0.2, -0.15) is 0 Å². The van der Waals surface area contributed by atoms with Crippen LogP contribution in [-0.2, 0) is 11.3 Å². The first-order valence-electron chi connectivity index (χ1n) is 7.47. The second kappa shape index (κ2) is 6.52. The Morgan fingerprint density at radius 1 is 1.30 bits per heavy atom. The highest BCUT2D eigenvalue weighted by atomic mass is 19.1. The zero-order chi connectivity index (χ0) is 16.4. The van der Waals surface area contributed by atoms with Crippen LogP contribution in [0.1, 0.15) is 27.8 Å². The lowest BCUT2D eigenvalue weighted by molar-refractivity contribution is 0.0561. The smallest absolute Gasteiger partial charge is 0.373 e. The van der Waals surface area contributed by atoms with Gasteiger partial charge in [0.1, 0.15) is 11.6 Å². The number of methoxy groups -OCH3 is 1. The van der Waals surface area contributed by atoms with Gasteiger partial charge in [-0.15, -0.1) is 0 Å². The molecule has 0 saturated carbocycles. The minimum absolute atomic E-state index is 0.0181. The van der Waals surface area contributed by atoms with E-state index in [1.807, 2.05) is 0 Å². The number of rotatable bonds is 4. The Morgan fingerprint density at radius 2 is 2.04 bits per heavy atom. The lowest BCUT2D eigenvalue weighted by Crippen LogP contribution is -2.28. The molecule has 1 fully saturated rings. The first kappa shape index (κ1) is 15.7. The van der Waals surface area contributed by atoms with Crippen LogP contribution in [-0.4, -0.2) is 37.1 Å². The third-order valence-corrected chi connectivity index (χ3v) is 4.17. The molecule has 0 radical (unpaired) electrons. The van der Waals surface area contributed by atoms with Crippen LogP contribution in [0.5, 0.6) is 0 Å². The van der Waals surface area contributed by atoms with Crippen molar-refractivity contribution in [2.45, 2.75) is 18.5 Å².